The Morgan fingerprint density at radius 1 is 1.59 bits per heavy atom. The number of Topliss-reactive ketones (excluding diaryl/α,β-unsaturated/α-hetero) is 1. The minimum Gasteiger partial charge on any atom is -0.488 e. The number of carbonyl (C=O) groups is 1. The van der Waals surface area contributed by atoms with Gasteiger partial charge in [-0.2, -0.15) is 5.10 Å². The predicted molar refractivity (Wildman–Crippen MR) is 81.5 cm³/mol. The van der Waals surface area contributed by atoms with Crippen LogP contribution in [0.2, 0.25) is 5.02 Å². The Kier molecular flexibility index (Phi) is 3.84. The fraction of sp³-hybridized carbons (Fsp3) is 0.467. The van der Waals surface area contributed by atoms with Gasteiger partial charge in [-0.05, 0) is 26.8 Å². The molecule has 1 aromatic heterocycles. The Morgan fingerprint density at radius 3 is 3.00 bits per heavy atom. The van der Waals surface area contributed by atoms with Crippen LogP contribution in [0.4, 0.5) is 0 Å². The van der Waals surface area contributed by atoms with Gasteiger partial charge < -0.3 is 14.2 Å². The Morgan fingerprint density at radius 2 is 2.36 bits per heavy atom. The molecule has 1 N–H and O–H groups in total. The van der Waals surface area contributed by atoms with Crippen molar-refractivity contribution in [1.82, 2.24) is 10.2 Å². The standard InChI is InChI=1S/C15H17ClN2O4/c1-8(19)10-4-12(16)11-5-17-18-13(11)14(10)20-6-9-7-21-15(2,3)22-9/h4-5,9H,6-7H2,1-3H3,(H,17,18). The van der Waals surface area contributed by atoms with E-state index in [1.54, 1.807) is 12.3 Å². The highest BCUT2D eigenvalue weighted by Crippen LogP contribution is 2.34. The van der Waals surface area contributed by atoms with Crippen LogP contribution in [0.3, 0.4) is 0 Å². The minimum atomic E-state index is -0.610. The number of carbonyl (C=O) groups excluding carboxylic acids is 1. The monoisotopic (exact) mass is 324 g/mol. The van der Waals surface area contributed by atoms with Gasteiger partial charge in [0.2, 0.25) is 0 Å². The average molecular weight is 325 g/mol. The third-order valence-corrected chi connectivity index (χ3v) is 3.81. The molecule has 3 rings (SSSR count). The van der Waals surface area contributed by atoms with Gasteiger partial charge in [-0.15, -0.1) is 0 Å². The molecular weight excluding hydrogens is 308 g/mol. The van der Waals surface area contributed by atoms with E-state index in [-0.39, 0.29) is 18.5 Å². The number of H-pyrrole nitrogens is 1. The zero-order valence-electron chi connectivity index (χ0n) is 12.6. The second-order valence-corrected chi connectivity index (χ2v) is 6.12. The maximum atomic E-state index is 11.9. The maximum absolute atomic E-state index is 11.9. The van der Waals surface area contributed by atoms with Crippen molar-refractivity contribution in [2.75, 3.05) is 13.2 Å². The first-order valence-corrected chi connectivity index (χ1v) is 7.36. The number of rotatable bonds is 4. The SMILES string of the molecule is CC(=O)c1cc(Cl)c2cn[nH]c2c1OCC1COC(C)(C)O1. The van der Waals surface area contributed by atoms with Gasteiger partial charge in [0, 0.05) is 5.39 Å². The van der Waals surface area contributed by atoms with E-state index < -0.39 is 5.79 Å². The molecule has 2 heterocycles. The first-order valence-electron chi connectivity index (χ1n) is 6.98. The predicted octanol–water partition coefficient (Wildman–Crippen LogP) is 2.95. The largest absolute Gasteiger partial charge is 0.488 e. The van der Waals surface area contributed by atoms with Gasteiger partial charge in [0.1, 0.15) is 18.2 Å². The molecule has 6 nitrogen and oxygen atoms in total. The molecule has 0 aliphatic carbocycles. The molecule has 0 amide bonds. The number of halogens is 1. The molecule has 1 unspecified atom stereocenters. The molecule has 1 aliphatic rings. The molecule has 1 atom stereocenters. The topological polar surface area (TPSA) is 73.4 Å². The molecule has 0 radical (unpaired) electrons. The lowest BCUT2D eigenvalue weighted by atomic mass is 10.1. The van der Waals surface area contributed by atoms with Crippen LogP contribution < -0.4 is 4.74 Å². The van der Waals surface area contributed by atoms with E-state index in [2.05, 4.69) is 10.2 Å². The van der Waals surface area contributed by atoms with Crippen molar-refractivity contribution in [3.8, 4) is 5.75 Å². The second-order valence-electron chi connectivity index (χ2n) is 5.71. The Bertz CT molecular complexity index is 726. The van der Waals surface area contributed by atoms with Gasteiger partial charge in [0.05, 0.1) is 23.4 Å². The molecule has 1 saturated heterocycles. The number of ether oxygens (including phenoxy) is 3. The smallest absolute Gasteiger partial charge is 0.163 e. The van der Waals surface area contributed by atoms with Gasteiger partial charge in [0.15, 0.2) is 17.3 Å². The van der Waals surface area contributed by atoms with Crippen molar-refractivity contribution in [2.24, 2.45) is 0 Å². The molecule has 7 heteroatoms. The number of fused-ring (bicyclic) bond motifs is 1. The van der Waals surface area contributed by atoms with E-state index in [1.807, 2.05) is 13.8 Å². The lowest BCUT2D eigenvalue weighted by Gasteiger charge is -2.18. The number of nitrogens with one attached hydrogen (secondary N) is 1. The maximum Gasteiger partial charge on any atom is 0.163 e. The summed E-state index contributed by atoms with van der Waals surface area (Å²) in [5, 5.41) is 7.98. The number of hydrogen-bond acceptors (Lipinski definition) is 5. The fourth-order valence-electron chi connectivity index (χ4n) is 2.48. The third-order valence-electron chi connectivity index (χ3n) is 3.50. The number of aromatic amines is 1. The molecule has 0 saturated carbocycles. The summed E-state index contributed by atoms with van der Waals surface area (Å²) in [6.45, 7) is 5.90. The zero-order valence-corrected chi connectivity index (χ0v) is 13.4. The molecule has 22 heavy (non-hydrogen) atoms. The number of benzene rings is 1. The van der Waals surface area contributed by atoms with Crippen LogP contribution in [-0.4, -0.2) is 41.1 Å². The summed E-state index contributed by atoms with van der Waals surface area (Å²) in [7, 11) is 0. The Hall–Kier alpha value is -1.63. The number of nitrogens with zero attached hydrogens (tertiary/aromatic N) is 1. The first-order chi connectivity index (χ1) is 10.4. The van der Waals surface area contributed by atoms with E-state index >= 15 is 0 Å². The van der Waals surface area contributed by atoms with E-state index in [9.17, 15) is 4.79 Å². The van der Waals surface area contributed by atoms with Crippen molar-refractivity contribution in [3.63, 3.8) is 0 Å². The second kappa shape index (κ2) is 5.53. The third kappa shape index (κ3) is 2.82. The summed E-state index contributed by atoms with van der Waals surface area (Å²) in [4.78, 5) is 11.9. The van der Waals surface area contributed by atoms with E-state index in [0.717, 1.165) is 0 Å². The lowest BCUT2D eigenvalue weighted by molar-refractivity contribution is -0.141. The van der Waals surface area contributed by atoms with Crippen LogP contribution in [0.15, 0.2) is 12.3 Å². The summed E-state index contributed by atoms with van der Waals surface area (Å²) >= 11 is 6.17. The highest BCUT2D eigenvalue weighted by Gasteiger charge is 2.33. The van der Waals surface area contributed by atoms with Crippen LogP contribution >= 0.6 is 11.6 Å². The molecular formula is C15H17ClN2O4. The van der Waals surface area contributed by atoms with Crippen LogP contribution in [0.25, 0.3) is 10.9 Å². The van der Waals surface area contributed by atoms with E-state index in [0.29, 0.717) is 33.8 Å². The molecule has 1 aliphatic heterocycles. The quantitative estimate of drug-likeness (QED) is 0.875. The number of hydrogen-bond donors (Lipinski definition) is 1. The van der Waals surface area contributed by atoms with Gasteiger partial charge >= 0.3 is 0 Å². The number of ketones is 1. The summed E-state index contributed by atoms with van der Waals surface area (Å²) < 4.78 is 17.1. The molecule has 118 valence electrons. The van der Waals surface area contributed by atoms with E-state index in [1.165, 1.54) is 6.92 Å². The Labute approximate surface area is 132 Å². The summed E-state index contributed by atoms with van der Waals surface area (Å²) in [5.41, 5.74) is 1.02. The molecule has 0 bridgehead atoms. The van der Waals surface area contributed by atoms with Crippen LogP contribution in [0.5, 0.6) is 5.75 Å². The van der Waals surface area contributed by atoms with Crippen LogP contribution in [0, 0.1) is 0 Å². The summed E-state index contributed by atoms with van der Waals surface area (Å²) in [6, 6.07) is 1.60. The van der Waals surface area contributed by atoms with Crippen molar-refractivity contribution < 1.29 is 19.0 Å². The van der Waals surface area contributed by atoms with Crippen LogP contribution in [0.1, 0.15) is 31.1 Å². The molecule has 1 fully saturated rings. The molecule has 1 aromatic carbocycles. The summed E-state index contributed by atoms with van der Waals surface area (Å²) in [5.74, 6) is -0.296. The first kappa shape index (κ1) is 15.3. The van der Waals surface area contributed by atoms with Gasteiger partial charge in [-0.1, -0.05) is 11.6 Å². The van der Waals surface area contributed by atoms with Gasteiger partial charge in [-0.3, -0.25) is 9.89 Å². The Balaban J connectivity index is 1.89. The van der Waals surface area contributed by atoms with Crippen LogP contribution in [-0.2, 0) is 9.47 Å². The highest BCUT2D eigenvalue weighted by atomic mass is 35.5. The van der Waals surface area contributed by atoms with Gasteiger partial charge in [0.25, 0.3) is 0 Å². The highest BCUT2D eigenvalue weighted by molar-refractivity contribution is 6.36. The fourth-order valence-corrected chi connectivity index (χ4v) is 2.73. The van der Waals surface area contributed by atoms with Gasteiger partial charge in [-0.25, -0.2) is 0 Å². The van der Waals surface area contributed by atoms with Crippen molar-refractivity contribution in [1.29, 1.82) is 0 Å². The minimum absolute atomic E-state index is 0.127. The zero-order chi connectivity index (χ0) is 15.9. The van der Waals surface area contributed by atoms with Crippen molar-refractivity contribution in [2.45, 2.75) is 32.7 Å². The molecule has 0 spiro atoms. The molecule has 2 aromatic rings. The van der Waals surface area contributed by atoms with E-state index in [4.69, 9.17) is 25.8 Å². The summed E-state index contributed by atoms with van der Waals surface area (Å²) in [6.07, 6.45) is 1.41. The van der Waals surface area contributed by atoms with Crippen molar-refractivity contribution in [3.05, 3.63) is 22.8 Å². The lowest BCUT2D eigenvalue weighted by Crippen LogP contribution is -2.25. The number of aromatic nitrogens is 2. The van der Waals surface area contributed by atoms with Crippen molar-refractivity contribution >= 4 is 28.3 Å². The average Bonchev–Trinajstić information content (AvgIpc) is 3.04. The normalized spacial score (nSPS) is 20.5.